The summed E-state index contributed by atoms with van der Waals surface area (Å²) >= 11 is 0. The molecular weight excluding hydrogens is 338 g/mol. The largest absolute Gasteiger partial charge is 0.349 e. The first-order valence-electron chi connectivity index (χ1n) is 8.82. The van der Waals surface area contributed by atoms with Crippen molar-refractivity contribution in [2.24, 2.45) is 0 Å². The molecule has 0 radical (unpaired) electrons. The standard InChI is InChI=1S/C18H25N5O.ClH/c24-18(20-13-12-19-15-8-4-1-2-5-9-15)17-14-23(22-21-17)16-10-6-3-7-11-16;/h3,6-7,10-11,14-15,19H,1-2,4-5,8-9,12-13H2,(H,20,24);1H. The summed E-state index contributed by atoms with van der Waals surface area (Å²) in [6.07, 6.45) is 9.49. The van der Waals surface area contributed by atoms with E-state index >= 15 is 0 Å². The number of benzene rings is 1. The molecule has 1 aromatic carbocycles. The van der Waals surface area contributed by atoms with Crippen LogP contribution >= 0.6 is 12.4 Å². The van der Waals surface area contributed by atoms with Gasteiger partial charge in [0.25, 0.3) is 5.91 Å². The monoisotopic (exact) mass is 363 g/mol. The molecule has 0 bridgehead atoms. The highest BCUT2D eigenvalue weighted by Gasteiger charge is 2.13. The highest BCUT2D eigenvalue weighted by molar-refractivity contribution is 5.91. The normalized spacial score (nSPS) is 15.2. The molecule has 0 saturated heterocycles. The molecule has 0 aliphatic heterocycles. The number of hydrogen-bond donors (Lipinski definition) is 2. The lowest BCUT2D eigenvalue weighted by Gasteiger charge is -2.16. The molecule has 0 atom stereocenters. The van der Waals surface area contributed by atoms with E-state index in [1.165, 1.54) is 38.5 Å². The maximum absolute atomic E-state index is 12.1. The van der Waals surface area contributed by atoms with Gasteiger partial charge < -0.3 is 10.6 Å². The number of hydrogen-bond acceptors (Lipinski definition) is 4. The minimum absolute atomic E-state index is 0. The van der Waals surface area contributed by atoms with Crippen molar-refractivity contribution in [1.82, 2.24) is 25.6 Å². The van der Waals surface area contributed by atoms with E-state index in [1.807, 2.05) is 30.3 Å². The Morgan fingerprint density at radius 2 is 1.80 bits per heavy atom. The highest BCUT2D eigenvalue weighted by Crippen LogP contribution is 2.16. The molecule has 1 aliphatic rings. The fourth-order valence-electron chi connectivity index (χ4n) is 3.10. The number of aromatic nitrogens is 3. The van der Waals surface area contributed by atoms with Gasteiger partial charge in [0.15, 0.2) is 5.69 Å². The summed E-state index contributed by atoms with van der Waals surface area (Å²) in [5, 5.41) is 14.4. The zero-order valence-corrected chi connectivity index (χ0v) is 15.2. The second-order valence-corrected chi connectivity index (χ2v) is 6.28. The first-order valence-corrected chi connectivity index (χ1v) is 8.82. The molecule has 1 heterocycles. The molecule has 136 valence electrons. The molecule has 1 fully saturated rings. The Morgan fingerprint density at radius 1 is 1.08 bits per heavy atom. The molecule has 1 aliphatic carbocycles. The molecule has 1 amide bonds. The van der Waals surface area contributed by atoms with Crippen molar-refractivity contribution in [3.05, 3.63) is 42.2 Å². The third-order valence-corrected chi connectivity index (χ3v) is 4.45. The average molecular weight is 364 g/mol. The zero-order chi connectivity index (χ0) is 16.6. The summed E-state index contributed by atoms with van der Waals surface area (Å²) in [6.45, 7) is 1.40. The van der Waals surface area contributed by atoms with Gasteiger partial charge in [-0.1, -0.05) is 49.1 Å². The Morgan fingerprint density at radius 3 is 2.52 bits per heavy atom. The number of nitrogens with one attached hydrogen (secondary N) is 2. The minimum atomic E-state index is -0.181. The molecule has 1 aromatic heterocycles. The van der Waals surface area contributed by atoms with E-state index in [4.69, 9.17) is 0 Å². The van der Waals surface area contributed by atoms with Crippen LogP contribution in [0.5, 0.6) is 0 Å². The first kappa shape index (κ1) is 19.4. The minimum Gasteiger partial charge on any atom is -0.349 e. The SMILES string of the molecule is Cl.O=C(NCCNC1CCCCCC1)c1cn(-c2ccccc2)nn1. The molecule has 1 saturated carbocycles. The number of carbonyl (C=O) groups is 1. The smallest absolute Gasteiger partial charge is 0.273 e. The summed E-state index contributed by atoms with van der Waals surface area (Å²) in [6, 6.07) is 10.2. The van der Waals surface area contributed by atoms with Gasteiger partial charge in [-0.2, -0.15) is 0 Å². The lowest BCUT2D eigenvalue weighted by molar-refractivity contribution is 0.0948. The molecular formula is C18H26ClN5O. The van der Waals surface area contributed by atoms with Crippen LogP contribution < -0.4 is 10.6 Å². The molecule has 0 spiro atoms. The van der Waals surface area contributed by atoms with Gasteiger partial charge in [-0.15, -0.1) is 17.5 Å². The van der Waals surface area contributed by atoms with Crippen LogP contribution in [0, 0.1) is 0 Å². The van der Waals surface area contributed by atoms with Gasteiger partial charge in [0.2, 0.25) is 0 Å². The molecule has 0 unspecified atom stereocenters. The predicted octanol–water partition coefficient (Wildman–Crippen LogP) is 2.73. The Balaban J connectivity index is 0.00000225. The van der Waals surface area contributed by atoms with Gasteiger partial charge in [-0.3, -0.25) is 4.79 Å². The fourth-order valence-corrected chi connectivity index (χ4v) is 3.10. The maximum atomic E-state index is 12.1. The number of halogens is 1. The number of nitrogens with zero attached hydrogens (tertiary/aromatic N) is 3. The van der Waals surface area contributed by atoms with Crippen molar-refractivity contribution in [2.75, 3.05) is 13.1 Å². The number of carbonyl (C=O) groups excluding carboxylic acids is 1. The van der Waals surface area contributed by atoms with E-state index in [2.05, 4.69) is 20.9 Å². The van der Waals surface area contributed by atoms with Crippen LogP contribution in [0.4, 0.5) is 0 Å². The highest BCUT2D eigenvalue weighted by atomic mass is 35.5. The second-order valence-electron chi connectivity index (χ2n) is 6.28. The quantitative estimate of drug-likeness (QED) is 0.611. The van der Waals surface area contributed by atoms with Gasteiger partial charge >= 0.3 is 0 Å². The summed E-state index contributed by atoms with van der Waals surface area (Å²) in [5.41, 5.74) is 1.23. The second kappa shape index (κ2) is 10.2. The van der Waals surface area contributed by atoms with Crippen molar-refractivity contribution < 1.29 is 4.79 Å². The number of para-hydroxylation sites is 1. The van der Waals surface area contributed by atoms with Crippen LogP contribution in [-0.4, -0.2) is 40.0 Å². The van der Waals surface area contributed by atoms with Gasteiger partial charge in [0.05, 0.1) is 11.9 Å². The van der Waals surface area contributed by atoms with Gasteiger partial charge in [0.1, 0.15) is 0 Å². The van der Waals surface area contributed by atoms with E-state index in [0.29, 0.717) is 18.3 Å². The fraction of sp³-hybridized carbons (Fsp3) is 0.500. The molecule has 6 nitrogen and oxygen atoms in total. The zero-order valence-electron chi connectivity index (χ0n) is 14.4. The molecule has 2 aromatic rings. The van der Waals surface area contributed by atoms with Crippen molar-refractivity contribution in [3.8, 4) is 5.69 Å². The summed E-state index contributed by atoms with van der Waals surface area (Å²) in [4.78, 5) is 12.1. The maximum Gasteiger partial charge on any atom is 0.273 e. The average Bonchev–Trinajstić information content (AvgIpc) is 2.97. The van der Waals surface area contributed by atoms with Crippen LogP contribution in [0.15, 0.2) is 36.5 Å². The third kappa shape index (κ3) is 5.83. The van der Waals surface area contributed by atoms with Gasteiger partial charge in [0, 0.05) is 19.1 Å². The van der Waals surface area contributed by atoms with Crippen molar-refractivity contribution in [2.45, 2.75) is 44.6 Å². The summed E-state index contributed by atoms with van der Waals surface area (Å²) in [5.74, 6) is -0.181. The molecule has 7 heteroatoms. The lowest BCUT2D eigenvalue weighted by Crippen LogP contribution is -2.37. The van der Waals surface area contributed by atoms with Crippen molar-refractivity contribution >= 4 is 18.3 Å². The Kier molecular flexibility index (Phi) is 7.88. The summed E-state index contributed by atoms with van der Waals surface area (Å²) in [7, 11) is 0. The van der Waals surface area contributed by atoms with E-state index in [9.17, 15) is 4.79 Å². The van der Waals surface area contributed by atoms with Crippen LogP contribution in [0.25, 0.3) is 5.69 Å². The van der Waals surface area contributed by atoms with E-state index < -0.39 is 0 Å². The summed E-state index contributed by atoms with van der Waals surface area (Å²) < 4.78 is 1.61. The predicted molar refractivity (Wildman–Crippen MR) is 100 cm³/mol. The van der Waals surface area contributed by atoms with E-state index in [0.717, 1.165) is 12.2 Å². The number of amides is 1. The van der Waals surface area contributed by atoms with Crippen LogP contribution in [0.3, 0.4) is 0 Å². The first-order chi connectivity index (χ1) is 11.8. The number of rotatable bonds is 6. The van der Waals surface area contributed by atoms with Crippen LogP contribution in [-0.2, 0) is 0 Å². The Labute approximate surface area is 154 Å². The van der Waals surface area contributed by atoms with E-state index in [1.54, 1.807) is 10.9 Å². The lowest BCUT2D eigenvalue weighted by atomic mass is 10.1. The molecule has 3 rings (SSSR count). The van der Waals surface area contributed by atoms with Gasteiger partial charge in [-0.05, 0) is 25.0 Å². The molecule has 25 heavy (non-hydrogen) atoms. The van der Waals surface area contributed by atoms with Crippen LogP contribution in [0.1, 0.15) is 49.0 Å². The Bertz CT molecular complexity index is 638. The molecule has 2 N–H and O–H groups in total. The third-order valence-electron chi connectivity index (χ3n) is 4.45. The topological polar surface area (TPSA) is 71.8 Å². The van der Waals surface area contributed by atoms with Crippen LogP contribution in [0.2, 0.25) is 0 Å². The van der Waals surface area contributed by atoms with Crippen molar-refractivity contribution in [1.29, 1.82) is 0 Å². The Hall–Kier alpha value is -1.92. The van der Waals surface area contributed by atoms with Crippen molar-refractivity contribution in [3.63, 3.8) is 0 Å². The van der Waals surface area contributed by atoms with E-state index in [-0.39, 0.29) is 18.3 Å². The van der Waals surface area contributed by atoms with Gasteiger partial charge in [-0.25, -0.2) is 4.68 Å².